The molecule has 0 bridgehead atoms. The van der Waals surface area contributed by atoms with Gasteiger partial charge in [-0.1, -0.05) is 35.9 Å². The molecular formula is C20H13ClF3NO. The van der Waals surface area contributed by atoms with E-state index in [0.717, 1.165) is 12.1 Å². The van der Waals surface area contributed by atoms with Crippen LogP contribution in [0.2, 0.25) is 5.02 Å². The number of hydrogen-bond acceptors (Lipinski definition) is 2. The van der Waals surface area contributed by atoms with Crippen molar-refractivity contribution in [1.82, 2.24) is 0 Å². The normalized spacial score (nSPS) is 11.4. The number of carbonyl (C=O) groups is 1. The van der Waals surface area contributed by atoms with Crippen molar-refractivity contribution >= 4 is 23.1 Å². The van der Waals surface area contributed by atoms with Gasteiger partial charge in [0, 0.05) is 16.8 Å². The minimum absolute atomic E-state index is 0.228. The summed E-state index contributed by atoms with van der Waals surface area (Å²) < 4.78 is 39.1. The molecule has 0 aromatic heterocycles. The second-order valence-corrected chi connectivity index (χ2v) is 6.10. The Hall–Kier alpha value is -2.79. The first-order chi connectivity index (χ1) is 12.3. The predicted octanol–water partition coefficient (Wildman–Crippen LogP) is 5.84. The summed E-state index contributed by atoms with van der Waals surface area (Å²) in [6, 6.07) is 15.8. The maximum Gasteiger partial charge on any atom is 0.416 e. The molecule has 0 amide bonds. The smallest absolute Gasteiger partial charge is 0.399 e. The number of benzene rings is 3. The highest BCUT2D eigenvalue weighted by molar-refractivity contribution is 6.35. The highest BCUT2D eigenvalue weighted by Gasteiger charge is 2.30. The summed E-state index contributed by atoms with van der Waals surface area (Å²) in [6.45, 7) is 0. The van der Waals surface area contributed by atoms with E-state index < -0.39 is 11.7 Å². The van der Waals surface area contributed by atoms with Gasteiger partial charge in [0.15, 0.2) is 5.78 Å². The SMILES string of the molecule is Nc1ccc(C(=O)c2ccccc2Cl)c(-c2cccc(C(F)(F)F)c2)c1. The molecule has 0 saturated carbocycles. The molecule has 0 aliphatic rings. The Morgan fingerprint density at radius 3 is 2.31 bits per heavy atom. The number of carbonyl (C=O) groups excluding carboxylic acids is 1. The summed E-state index contributed by atoms with van der Waals surface area (Å²) in [5.41, 5.74) is 6.41. The Labute approximate surface area is 153 Å². The summed E-state index contributed by atoms with van der Waals surface area (Å²) in [7, 11) is 0. The molecule has 0 radical (unpaired) electrons. The van der Waals surface area contributed by atoms with E-state index in [1.54, 1.807) is 24.3 Å². The Morgan fingerprint density at radius 2 is 1.62 bits per heavy atom. The quantitative estimate of drug-likeness (QED) is 0.461. The maximum absolute atomic E-state index is 13.0. The molecule has 0 fully saturated rings. The van der Waals surface area contributed by atoms with Gasteiger partial charge in [-0.15, -0.1) is 0 Å². The lowest BCUT2D eigenvalue weighted by atomic mass is 9.92. The monoisotopic (exact) mass is 375 g/mol. The lowest BCUT2D eigenvalue weighted by Crippen LogP contribution is -2.07. The Morgan fingerprint density at radius 1 is 0.885 bits per heavy atom. The fraction of sp³-hybridized carbons (Fsp3) is 0.0500. The van der Waals surface area contributed by atoms with Crippen molar-refractivity contribution < 1.29 is 18.0 Å². The molecule has 3 aromatic carbocycles. The van der Waals surface area contributed by atoms with Crippen molar-refractivity contribution in [2.24, 2.45) is 0 Å². The van der Waals surface area contributed by atoms with Crippen LogP contribution >= 0.6 is 11.6 Å². The van der Waals surface area contributed by atoms with Crippen molar-refractivity contribution in [3.8, 4) is 11.1 Å². The molecule has 2 N–H and O–H groups in total. The van der Waals surface area contributed by atoms with E-state index in [9.17, 15) is 18.0 Å². The fourth-order valence-corrected chi connectivity index (χ4v) is 2.87. The molecule has 132 valence electrons. The average Bonchev–Trinajstić information content (AvgIpc) is 2.61. The standard InChI is InChI=1S/C20H13ClF3NO/c21-18-7-2-1-6-16(18)19(26)15-9-8-14(25)11-17(15)12-4-3-5-13(10-12)20(22,23)24/h1-11H,25H2. The zero-order valence-electron chi connectivity index (χ0n) is 13.3. The van der Waals surface area contributed by atoms with Gasteiger partial charge in [0.25, 0.3) is 0 Å². The summed E-state index contributed by atoms with van der Waals surface area (Å²) >= 11 is 6.09. The molecule has 3 rings (SSSR count). The van der Waals surface area contributed by atoms with E-state index in [1.165, 1.54) is 30.3 Å². The van der Waals surface area contributed by atoms with Crippen LogP contribution in [-0.2, 0) is 6.18 Å². The number of nitrogen functional groups attached to an aromatic ring is 1. The molecule has 0 aliphatic carbocycles. The first-order valence-electron chi connectivity index (χ1n) is 7.64. The Bertz CT molecular complexity index is 983. The minimum Gasteiger partial charge on any atom is -0.399 e. The van der Waals surface area contributed by atoms with Gasteiger partial charge < -0.3 is 5.73 Å². The van der Waals surface area contributed by atoms with E-state index in [2.05, 4.69) is 0 Å². The van der Waals surface area contributed by atoms with E-state index >= 15 is 0 Å². The van der Waals surface area contributed by atoms with Gasteiger partial charge in [0.05, 0.1) is 10.6 Å². The number of nitrogens with two attached hydrogens (primary N) is 1. The lowest BCUT2D eigenvalue weighted by molar-refractivity contribution is -0.137. The number of hydrogen-bond donors (Lipinski definition) is 1. The topological polar surface area (TPSA) is 43.1 Å². The zero-order chi connectivity index (χ0) is 18.9. The molecule has 0 heterocycles. The Kier molecular flexibility index (Phi) is 4.74. The summed E-state index contributed by atoms with van der Waals surface area (Å²) in [4.78, 5) is 12.9. The first-order valence-corrected chi connectivity index (χ1v) is 8.01. The Balaban J connectivity index is 2.16. The molecule has 2 nitrogen and oxygen atoms in total. The first kappa shape index (κ1) is 18.0. The van der Waals surface area contributed by atoms with Crippen LogP contribution in [0.1, 0.15) is 21.5 Å². The van der Waals surface area contributed by atoms with E-state index in [0.29, 0.717) is 11.3 Å². The van der Waals surface area contributed by atoms with Crippen LogP contribution < -0.4 is 5.73 Å². The average molecular weight is 376 g/mol. The van der Waals surface area contributed by atoms with E-state index in [1.807, 2.05) is 0 Å². The number of ketones is 1. The predicted molar refractivity (Wildman–Crippen MR) is 96.2 cm³/mol. The summed E-state index contributed by atoms with van der Waals surface area (Å²) in [5.74, 6) is -0.386. The molecular weight excluding hydrogens is 363 g/mol. The van der Waals surface area contributed by atoms with Crippen LogP contribution in [0.4, 0.5) is 18.9 Å². The molecule has 0 saturated heterocycles. The summed E-state index contributed by atoms with van der Waals surface area (Å²) in [6.07, 6.45) is -4.48. The molecule has 0 unspecified atom stereocenters. The van der Waals surface area contributed by atoms with Crippen molar-refractivity contribution in [3.63, 3.8) is 0 Å². The van der Waals surface area contributed by atoms with Gasteiger partial charge in [-0.05, 0) is 53.6 Å². The number of halogens is 4. The van der Waals surface area contributed by atoms with Crippen LogP contribution in [0.3, 0.4) is 0 Å². The van der Waals surface area contributed by atoms with Crippen LogP contribution in [0.25, 0.3) is 11.1 Å². The number of rotatable bonds is 3. The van der Waals surface area contributed by atoms with E-state index in [-0.39, 0.29) is 27.5 Å². The fourth-order valence-electron chi connectivity index (χ4n) is 2.65. The summed E-state index contributed by atoms with van der Waals surface area (Å²) in [5, 5.41) is 0.268. The minimum atomic E-state index is -4.48. The third-order valence-electron chi connectivity index (χ3n) is 3.91. The van der Waals surface area contributed by atoms with Gasteiger partial charge >= 0.3 is 6.18 Å². The number of anilines is 1. The van der Waals surface area contributed by atoms with Crippen molar-refractivity contribution in [3.05, 3.63) is 88.4 Å². The van der Waals surface area contributed by atoms with Crippen molar-refractivity contribution in [2.45, 2.75) is 6.18 Å². The lowest BCUT2D eigenvalue weighted by Gasteiger charge is -2.13. The second-order valence-electron chi connectivity index (χ2n) is 5.69. The molecule has 0 spiro atoms. The van der Waals surface area contributed by atoms with Gasteiger partial charge in [0.2, 0.25) is 0 Å². The third kappa shape index (κ3) is 3.58. The highest BCUT2D eigenvalue weighted by Crippen LogP contribution is 2.34. The van der Waals surface area contributed by atoms with Crippen LogP contribution in [-0.4, -0.2) is 5.78 Å². The van der Waals surface area contributed by atoms with E-state index in [4.69, 9.17) is 17.3 Å². The maximum atomic E-state index is 13.0. The van der Waals surface area contributed by atoms with Crippen molar-refractivity contribution in [1.29, 1.82) is 0 Å². The van der Waals surface area contributed by atoms with Gasteiger partial charge in [0.1, 0.15) is 0 Å². The van der Waals surface area contributed by atoms with Gasteiger partial charge in [-0.2, -0.15) is 13.2 Å². The molecule has 26 heavy (non-hydrogen) atoms. The van der Waals surface area contributed by atoms with Crippen LogP contribution in [0.5, 0.6) is 0 Å². The van der Waals surface area contributed by atoms with Crippen molar-refractivity contribution in [2.75, 3.05) is 5.73 Å². The molecule has 6 heteroatoms. The molecule has 0 atom stereocenters. The molecule has 3 aromatic rings. The second kappa shape index (κ2) is 6.84. The van der Waals surface area contributed by atoms with Gasteiger partial charge in [-0.25, -0.2) is 0 Å². The highest BCUT2D eigenvalue weighted by atomic mass is 35.5. The van der Waals surface area contributed by atoms with Gasteiger partial charge in [-0.3, -0.25) is 4.79 Å². The van der Waals surface area contributed by atoms with Crippen LogP contribution in [0, 0.1) is 0 Å². The number of alkyl halides is 3. The molecule has 0 aliphatic heterocycles. The van der Waals surface area contributed by atoms with Crippen LogP contribution in [0.15, 0.2) is 66.7 Å². The zero-order valence-corrected chi connectivity index (χ0v) is 14.1. The largest absolute Gasteiger partial charge is 0.416 e. The third-order valence-corrected chi connectivity index (χ3v) is 4.24.